The molecule has 0 aromatic heterocycles. The highest BCUT2D eigenvalue weighted by atomic mass is 16.5. The second kappa shape index (κ2) is 8.88. The molecule has 152 valence electrons. The van der Waals surface area contributed by atoms with Gasteiger partial charge < -0.3 is 14.7 Å². The molecule has 1 atom stereocenters. The fraction of sp³-hybridized carbons (Fsp3) is 0.545. The van der Waals surface area contributed by atoms with Crippen LogP contribution in [-0.4, -0.2) is 66.0 Å². The van der Waals surface area contributed by atoms with E-state index in [4.69, 9.17) is 4.74 Å². The molecular weight excluding hydrogens is 356 g/mol. The molecule has 1 amide bonds. The number of aliphatic hydroxyl groups is 1. The maximum Gasteiger partial charge on any atom is 0.290 e. The molecular formula is C22H30N2O4. The van der Waals surface area contributed by atoms with Gasteiger partial charge in [0.05, 0.1) is 24.8 Å². The molecule has 1 fully saturated rings. The summed E-state index contributed by atoms with van der Waals surface area (Å²) < 4.78 is 5.37. The van der Waals surface area contributed by atoms with E-state index in [1.165, 1.54) is 12.5 Å². The van der Waals surface area contributed by atoms with E-state index in [0.717, 1.165) is 44.8 Å². The Morgan fingerprint density at radius 2 is 1.82 bits per heavy atom. The van der Waals surface area contributed by atoms with Gasteiger partial charge in [0.2, 0.25) is 0 Å². The monoisotopic (exact) mass is 386 g/mol. The van der Waals surface area contributed by atoms with Gasteiger partial charge in [0.15, 0.2) is 11.5 Å². The van der Waals surface area contributed by atoms with Crippen LogP contribution in [0.1, 0.15) is 50.3 Å². The summed E-state index contributed by atoms with van der Waals surface area (Å²) >= 11 is 0. The van der Waals surface area contributed by atoms with Crippen molar-refractivity contribution in [2.75, 3.05) is 39.4 Å². The molecule has 0 spiro atoms. The predicted molar refractivity (Wildman–Crippen MR) is 107 cm³/mol. The molecule has 0 aliphatic carbocycles. The lowest BCUT2D eigenvalue weighted by Gasteiger charge is -2.30. The van der Waals surface area contributed by atoms with Gasteiger partial charge in [0.1, 0.15) is 0 Å². The van der Waals surface area contributed by atoms with Crippen molar-refractivity contribution >= 4 is 11.7 Å². The van der Waals surface area contributed by atoms with E-state index in [9.17, 15) is 14.7 Å². The fourth-order valence-corrected chi connectivity index (χ4v) is 3.94. The maximum absolute atomic E-state index is 12.7. The van der Waals surface area contributed by atoms with Gasteiger partial charge >= 0.3 is 0 Å². The molecule has 1 aromatic carbocycles. The van der Waals surface area contributed by atoms with Crippen LogP contribution < -0.4 is 0 Å². The van der Waals surface area contributed by atoms with Crippen LogP contribution >= 0.6 is 0 Å². The Bertz CT molecular complexity index is 748. The van der Waals surface area contributed by atoms with Crippen molar-refractivity contribution in [2.24, 2.45) is 0 Å². The highest BCUT2D eigenvalue weighted by Gasteiger charge is 2.42. The Labute approximate surface area is 166 Å². The van der Waals surface area contributed by atoms with Crippen LogP contribution in [0, 0.1) is 0 Å². The number of ether oxygens (including phenoxy) is 1. The third-order valence-electron chi connectivity index (χ3n) is 5.58. The lowest BCUT2D eigenvalue weighted by atomic mass is 9.94. The van der Waals surface area contributed by atoms with Crippen molar-refractivity contribution < 1.29 is 19.4 Å². The summed E-state index contributed by atoms with van der Waals surface area (Å²) in [6, 6.07) is 7.47. The molecule has 2 heterocycles. The number of nitrogens with zero attached hydrogens (tertiary/aromatic N) is 2. The highest BCUT2D eigenvalue weighted by Crippen LogP contribution is 2.38. The number of morpholine rings is 1. The van der Waals surface area contributed by atoms with Crippen molar-refractivity contribution in [2.45, 2.75) is 39.2 Å². The number of carbonyl (C=O) groups excluding carboxylic acids is 2. The number of aliphatic hydroxyl groups excluding tert-OH is 1. The fourth-order valence-electron chi connectivity index (χ4n) is 3.94. The number of ketones is 1. The number of Topliss-reactive ketones (excluding diaryl/α,β-unsaturated/α-hetero) is 1. The van der Waals surface area contributed by atoms with Gasteiger partial charge in [-0.05, 0) is 30.4 Å². The first-order valence-electron chi connectivity index (χ1n) is 10.0. The molecule has 0 bridgehead atoms. The largest absolute Gasteiger partial charge is 0.503 e. The summed E-state index contributed by atoms with van der Waals surface area (Å²) in [5, 5.41) is 10.4. The summed E-state index contributed by atoms with van der Waals surface area (Å²) in [5.41, 5.74) is 2.26. The molecule has 3 rings (SSSR count). The van der Waals surface area contributed by atoms with Gasteiger partial charge in [-0.2, -0.15) is 0 Å². The summed E-state index contributed by atoms with van der Waals surface area (Å²) in [4.78, 5) is 28.9. The smallest absolute Gasteiger partial charge is 0.290 e. The molecule has 1 saturated heterocycles. The molecule has 28 heavy (non-hydrogen) atoms. The van der Waals surface area contributed by atoms with Gasteiger partial charge in [0.25, 0.3) is 5.91 Å². The summed E-state index contributed by atoms with van der Waals surface area (Å²) in [7, 11) is 0. The maximum atomic E-state index is 12.7. The molecule has 2 aliphatic heterocycles. The van der Waals surface area contributed by atoms with E-state index < -0.39 is 17.7 Å². The predicted octanol–water partition coefficient (Wildman–Crippen LogP) is 2.82. The topological polar surface area (TPSA) is 70.1 Å². The molecule has 0 unspecified atom stereocenters. The van der Waals surface area contributed by atoms with Crippen molar-refractivity contribution in [3.8, 4) is 0 Å². The van der Waals surface area contributed by atoms with Crippen molar-refractivity contribution in [3.05, 3.63) is 46.7 Å². The zero-order valence-electron chi connectivity index (χ0n) is 17.0. The summed E-state index contributed by atoms with van der Waals surface area (Å²) in [5.74, 6) is -0.721. The van der Waals surface area contributed by atoms with Crippen molar-refractivity contribution in [1.29, 1.82) is 0 Å². The normalized spacial score (nSPS) is 21.1. The lowest BCUT2D eigenvalue weighted by Crippen LogP contribution is -2.39. The minimum absolute atomic E-state index is 0.202. The van der Waals surface area contributed by atoms with E-state index in [0.29, 0.717) is 12.5 Å². The van der Waals surface area contributed by atoms with Crippen LogP contribution in [0.15, 0.2) is 35.6 Å². The SMILES string of the molecule is CC(=O)C1=C(O)C(=O)N(CCCN2CCOCC2)[C@H]1c1ccc(C(C)C)cc1. The minimum Gasteiger partial charge on any atom is -0.503 e. The van der Waals surface area contributed by atoms with Crippen molar-refractivity contribution in [1.82, 2.24) is 9.80 Å². The Hall–Kier alpha value is -2.18. The van der Waals surface area contributed by atoms with Gasteiger partial charge in [0, 0.05) is 26.2 Å². The van der Waals surface area contributed by atoms with Crippen LogP contribution in [0.5, 0.6) is 0 Å². The quantitative estimate of drug-likeness (QED) is 0.780. The standard InChI is InChI=1S/C22H30N2O4/c1-15(2)17-5-7-18(8-6-17)20-19(16(3)25)21(26)22(27)24(20)10-4-9-23-11-13-28-14-12-23/h5-8,15,20,26H,4,9-14H2,1-3H3/t20-/m0/s1. The van der Waals surface area contributed by atoms with Crippen LogP contribution in [0.2, 0.25) is 0 Å². The average molecular weight is 386 g/mol. The van der Waals surface area contributed by atoms with Crippen molar-refractivity contribution in [3.63, 3.8) is 0 Å². The van der Waals surface area contributed by atoms with Gasteiger partial charge in [-0.3, -0.25) is 14.5 Å². The third-order valence-corrected chi connectivity index (χ3v) is 5.58. The highest BCUT2D eigenvalue weighted by molar-refractivity contribution is 6.08. The molecule has 0 radical (unpaired) electrons. The minimum atomic E-state index is -0.518. The number of hydrogen-bond donors (Lipinski definition) is 1. The van der Waals surface area contributed by atoms with Crippen LogP contribution in [0.3, 0.4) is 0 Å². The van der Waals surface area contributed by atoms with E-state index in [1.54, 1.807) is 4.90 Å². The van der Waals surface area contributed by atoms with Crippen LogP contribution in [0.4, 0.5) is 0 Å². The van der Waals surface area contributed by atoms with Crippen LogP contribution in [0.25, 0.3) is 0 Å². The molecule has 6 heteroatoms. The Morgan fingerprint density at radius 1 is 1.18 bits per heavy atom. The molecule has 2 aliphatic rings. The number of amides is 1. The van der Waals surface area contributed by atoms with E-state index >= 15 is 0 Å². The summed E-state index contributed by atoms with van der Waals surface area (Å²) in [6.45, 7) is 10.3. The Kier molecular flexibility index (Phi) is 6.52. The molecule has 0 saturated carbocycles. The van der Waals surface area contributed by atoms with Crippen LogP contribution in [-0.2, 0) is 14.3 Å². The summed E-state index contributed by atoms with van der Waals surface area (Å²) in [6.07, 6.45) is 0.783. The Balaban J connectivity index is 1.78. The Morgan fingerprint density at radius 3 is 2.39 bits per heavy atom. The first-order chi connectivity index (χ1) is 13.4. The number of rotatable bonds is 7. The number of carbonyl (C=O) groups is 2. The molecule has 1 aromatic rings. The average Bonchev–Trinajstić information content (AvgIpc) is 2.94. The van der Waals surface area contributed by atoms with E-state index in [1.807, 2.05) is 24.3 Å². The van der Waals surface area contributed by atoms with Gasteiger partial charge in [-0.25, -0.2) is 0 Å². The van der Waals surface area contributed by atoms with E-state index in [2.05, 4.69) is 18.7 Å². The second-order valence-corrected chi connectivity index (χ2v) is 7.85. The zero-order chi connectivity index (χ0) is 20.3. The van der Waals surface area contributed by atoms with Gasteiger partial charge in [-0.1, -0.05) is 38.1 Å². The lowest BCUT2D eigenvalue weighted by molar-refractivity contribution is -0.129. The third kappa shape index (κ3) is 4.28. The molecule has 6 nitrogen and oxygen atoms in total. The molecule has 1 N–H and O–H groups in total. The zero-order valence-corrected chi connectivity index (χ0v) is 17.0. The number of benzene rings is 1. The van der Waals surface area contributed by atoms with E-state index in [-0.39, 0.29) is 11.4 Å². The first kappa shape index (κ1) is 20.6. The van der Waals surface area contributed by atoms with Gasteiger partial charge in [-0.15, -0.1) is 0 Å². The number of hydrogen-bond acceptors (Lipinski definition) is 5. The second-order valence-electron chi connectivity index (χ2n) is 7.85. The first-order valence-corrected chi connectivity index (χ1v) is 10.0.